The zero-order valence-electron chi connectivity index (χ0n) is 9.37. The van der Waals surface area contributed by atoms with E-state index >= 15 is 0 Å². The van der Waals surface area contributed by atoms with Crippen molar-refractivity contribution in [1.29, 1.82) is 0 Å². The lowest BCUT2D eigenvalue weighted by atomic mass is 9.76. The molecule has 0 unspecified atom stereocenters. The molecule has 0 fully saturated rings. The molecular weight excluding hydrogens is 202 g/mol. The predicted molar refractivity (Wildman–Crippen MR) is 57.6 cm³/mol. The number of rotatable bonds is 5. The van der Waals surface area contributed by atoms with Gasteiger partial charge in [0.05, 0.1) is 5.75 Å². The van der Waals surface area contributed by atoms with Crippen molar-refractivity contribution >= 4 is 10.1 Å². The van der Waals surface area contributed by atoms with E-state index in [0.717, 1.165) is 0 Å². The van der Waals surface area contributed by atoms with Crippen LogP contribution in [0, 0.1) is 10.8 Å². The lowest BCUT2D eigenvalue weighted by molar-refractivity contribution is 0.219. The minimum atomic E-state index is -3.90. The molecule has 0 aromatic carbocycles. The van der Waals surface area contributed by atoms with Crippen molar-refractivity contribution in [1.82, 2.24) is 0 Å². The Kier molecular flexibility index (Phi) is 4.12. The molecule has 0 saturated carbocycles. The van der Waals surface area contributed by atoms with E-state index in [1.54, 1.807) is 0 Å². The van der Waals surface area contributed by atoms with Crippen molar-refractivity contribution in [2.45, 2.75) is 34.1 Å². The largest absolute Gasteiger partial charge is 0.330 e. The van der Waals surface area contributed by atoms with Crippen LogP contribution in [0.1, 0.15) is 34.1 Å². The van der Waals surface area contributed by atoms with E-state index in [2.05, 4.69) is 0 Å². The maximum absolute atomic E-state index is 10.7. The SMILES string of the molecule is CC(C)(CN)CC(C)(C)CS(=O)(=O)O. The summed E-state index contributed by atoms with van der Waals surface area (Å²) in [6, 6.07) is 0. The zero-order chi connectivity index (χ0) is 11.6. The lowest BCUT2D eigenvalue weighted by Crippen LogP contribution is -2.33. The average Bonchev–Trinajstić information content (AvgIpc) is 1.78. The molecule has 0 bridgehead atoms. The van der Waals surface area contributed by atoms with Crippen LogP contribution in [-0.2, 0) is 10.1 Å². The van der Waals surface area contributed by atoms with E-state index < -0.39 is 15.5 Å². The third kappa shape index (κ3) is 6.34. The van der Waals surface area contributed by atoms with Gasteiger partial charge in [0.2, 0.25) is 0 Å². The fraction of sp³-hybridized carbons (Fsp3) is 1.00. The van der Waals surface area contributed by atoms with Crippen LogP contribution in [0.5, 0.6) is 0 Å². The van der Waals surface area contributed by atoms with Gasteiger partial charge in [-0.25, -0.2) is 0 Å². The maximum Gasteiger partial charge on any atom is 0.265 e. The van der Waals surface area contributed by atoms with Crippen LogP contribution in [0.4, 0.5) is 0 Å². The fourth-order valence-electron chi connectivity index (χ4n) is 1.91. The molecule has 0 aliphatic carbocycles. The van der Waals surface area contributed by atoms with Gasteiger partial charge in [-0.2, -0.15) is 8.42 Å². The van der Waals surface area contributed by atoms with Crippen LogP contribution in [0.2, 0.25) is 0 Å². The standard InChI is InChI=1S/C9H21NO3S/c1-8(2,6-10)5-9(3,4)7-14(11,12)13/h5-7,10H2,1-4H3,(H,11,12,13). The van der Waals surface area contributed by atoms with E-state index in [1.165, 1.54) is 0 Å². The number of nitrogens with two attached hydrogens (primary N) is 1. The van der Waals surface area contributed by atoms with Gasteiger partial charge in [-0.3, -0.25) is 4.55 Å². The molecule has 0 aliphatic rings. The van der Waals surface area contributed by atoms with Crippen molar-refractivity contribution in [3.05, 3.63) is 0 Å². The van der Waals surface area contributed by atoms with Gasteiger partial charge >= 0.3 is 0 Å². The van der Waals surface area contributed by atoms with E-state index in [-0.39, 0.29) is 11.2 Å². The molecule has 5 heteroatoms. The van der Waals surface area contributed by atoms with Crippen LogP contribution >= 0.6 is 0 Å². The van der Waals surface area contributed by atoms with Crippen molar-refractivity contribution in [3.8, 4) is 0 Å². The molecule has 0 aromatic heterocycles. The predicted octanol–water partition coefficient (Wildman–Crippen LogP) is 1.28. The fourth-order valence-corrected chi connectivity index (χ4v) is 3.00. The van der Waals surface area contributed by atoms with Gasteiger partial charge in [-0.05, 0) is 23.8 Å². The van der Waals surface area contributed by atoms with E-state index in [0.29, 0.717) is 13.0 Å². The molecule has 86 valence electrons. The molecule has 0 radical (unpaired) electrons. The third-order valence-corrected chi connectivity index (χ3v) is 3.23. The van der Waals surface area contributed by atoms with Crippen LogP contribution in [-0.4, -0.2) is 25.3 Å². The summed E-state index contributed by atoms with van der Waals surface area (Å²) in [4.78, 5) is 0. The summed E-state index contributed by atoms with van der Waals surface area (Å²) in [5.41, 5.74) is 5.01. The Morgan fingerprint density at radius 3 is 1.86 bits per heavy atom. The normalized spacial score (nSPS) is 14.4. The van der Waals surface area contributed by atoms with Gasteiger partial charge in [0.25, 0.3) is 10.1 Å². The second-order valence-electron chi connectivity index (χ2n) is 5.44. The molecular formula is C9H21NO3S. The van der Waals surface area contributed by atoms with Crippen molar-refractivity contribution < 1.29 is 13.0 Å². The average molecular weight is 223 g/mol. The lowest BCUT2D eigenvalue weighted by Gasteiger charge is -2.33. The Morgan fingerprint density at radius 2 is 1.57 bits per heavy atom. The van der Waals surface area contributed by atoms with Crippen molar-refractivity contribution in [3.63, 3.8) is 0 Å². The minimum absolute atomic E-state index is 0.103. The topological polar surface area (TPSA) is 80.4 Å². The van der Waals surface area contributed by atoms with Gasteiger partial charge < -0.3 is 5.73 Å². The molecule has 0 aromatic rings. The van der Waals surface area contributed by atoms with Gasteiger partial charge in [-0.15, -0.1) is 0 Å². The molecule has 4 nitrogen and oxygen atoms in total. The second-order valence-corrected chi connectivity index (χ2v) is 6.89. The molecule has 0 aliphatic heterocycles. The molecule has 0 atom stereocenters. The summed E-state index contributed by atoms with van der Waals surface area (Å²) in [5, 5.41) is 0. The first-order chi connectivity index (χ1) is 5.97. The Hall–Kier alpha value is -0.130. The van der Waals surface area contributed by atoms with E-state index in [1.807, 2.05) is 27.7 Å². The molecule has 0 amide bonds. The van der Waals surface area contributed by atoms with Crippen molar-refractivity contribution in [2.24, 2.45) is 16.6 Å². The molecule has 0 heterocycles. The highest BCUT2D eigenvalue weighted by molar-refractivity contribution is 7.85. The van der Waals surface area contributed by atoms with Crippen LogP contribution in [0.3, 0.4) is 0 Å². The Labute approximate surface area is 86.6 Å². The Bertz CT molecular complexity index is 280. The summed E-state index contributed by atoms with van der Waals surface area (Å²) in [6.07, 6.45) is 0.663. The molecule has 14 heavy (non-hydrogen) atoms. The van der Waals surface area contributed by atoms with Gasteiger partial charge in [0, 0.05) is 0 Å². The minimum Gasteiger partial charge on any atom is -0.330 e. The monoisotopic (exact) mass is 223 g/mol. The van der Waals surface area contributed by atoms with Gasteiger partial charge in [0.15, 0.2) is 0 Å². The Balaban J connectivity index is 4.50. The van der Waals surface area contributed by atoms with E-state index in [9.17, 15) is 8.42 Å². The summed E-state index contributed by atoms with van der Waals surface area (Å²) in [7, 11) is -3.90. The molecule has 3 N–H and O–H groups in total. The highest BCUT2D eigenvalue weighted by Gasteiger charge is 2.31. The molecule has 0 saturated heterocycles. The first-order valence-corrected chi connectivity index (χ1v) is 6.24. The van der Waals surface area contributed by atoms with Gasteiger partial charge in [-0.1, -0.05) is 27.7 Å². The second kappa shape index (κ2) is 4.16. The summed E-state index contributed by atoms with van der Waals surface area (Å²) >= 11 is 0. The first kappa shape index (κ1) is 13.9. The van der Waals surface area contributed by atoms with E-state index in [4.69, 9.17) is 10.3 Å². The van der Waals surface area contributed by atoms with Gasteiger partial charge in [0.1, 0.15) is 0 Å². The molecule has 0 rings (SSSR count). The smallest absolute Gasteiger partial charge is 0.265 e. The summed E-state index contributed by atoms with van der Waals surface area (Å²) in [6.45, 7) is 8.11. The molecule has 0 spiro atoms. The zero-order valence-corrected chi connectivity index (χ0v) is 10.2. The number of hydrogen-bond acceptors (Lipinski definition) is 3. The quantitative estimate of drug-likeness (QED) is 0.688. The number of hydrogen-bond donors (Lipinski definition) is 2. The summed E-state index contributed by atoms with van der Waals surface area (Å²) < 4.78 is 30.3. The van der Waals surface area contributed by atoms with Crippen molar-refractivity contribution in [2.75, 3.05) is 12.3 Å². The van der Waals surface area contributed by atoms with Crippen LogP contribution < -0.4 is 5.73 Å². The Morgan fingerprint density at radius 1 is 1.14 bits per heavy atom. The first-order valence-electron chi connectivity index (χ1n) is 4.63. The summed E-state index contributed by atoms with van der Waals surface area (Å²) in [5.74, 6) is -0.219. The van der Waals surface area contributed by atoms with Crippen LogP contribution in [0.25, 0.3) is 0 Å². The van der Waals surface area contributed by atoms with Crippen LogP contribution in [0.15, 0.2) is 0 Å². The highest BCUT2D eigenvalue weighted by atomic mass is 32.2. The maximum atomic E-state index is 10.7. The third-order valence-electron chi connectivity index (χ3n) is 2.08. The highest BCUT2D eigenvalue weighted by Crippen LogP contribution is 2.33.